The van der Waals surface area contributed by atoms with Crippen LogP contribution >= 0.6 is 0 Å². The number of aromatic nitrogens is 1. The van der Waals surface area contributed by atoms with Crippen molar-refractivity contribution < 1.29 is 14.3 Å². The van der Waals surface area contributed by atoms with E-state index in [1.807, 2.05) is 53.1 Å². The number of aromatic amines is 1. The van der Waals surface area contributed by atoms with Gasteiger partial charge in [-0.15, -0.1) is 0 Å². The molecule has 0 spiro atoms. The van der Waals surface area contributed by atoms with Gasteiger partial charge in [0.05, 0.1) is 12.8 Å². The molecule has 6 heteroatoms. The normalized spacial score (nSPS) is 25.5. The quantitative estimate of drug-likeness (QED) is 0.661. The predicted molar refractivity (Wildman–Crippen MR) is 126 cm³/mol. The van der Waals surface area contributed by atoms with Crippen LogP contribution in [0.3, 0.4) is 0 Å². The van der Waals surface area contributed by atoms with E-state index in [-0.39, 0.29) is 30.3 Å². The first-order valence-electron chi connectivity index (χ1n) is 11.9. The molecule has 6 rings (SSSR count). The number of hydrogen-bond acceptors (Lipinski definition) is 3. The molecule has 1 aromatic heterocycles. The van der Waals surface area contributed by atoms with Crippen molar-refractivity contribution in [1.29, 1.82) is 0 Å². The summed E-state index contributed by atoms with van der Waals surface area (Å²) in [5.74, 6) is 0.773. The van der Waals surface area contributed by atoms with Crippen molar-refractivity contribution in [3.05, 3.63) is 65.4 Å². The molecule has 6 nitrogen and oxygen atoms in total. The molecule has 3 aromatic rings. The molecule has 1 aliphatic carbocycles. The number of piperazine rings is 1. The van der Waals surface area contributed by atoms with Crippen LogP contribution in [-0.2, 0) is 15.1 Å². The molecule has 3 heterocycles. The van der Waals surface area contributed by atoms with Crippen LogP contribution in [0, 0.1) is 0 Å². The smallest absolute Gasteiger partial charge is 0.255 e. The van der Waals surface area contributed by atoms with Gasteiger partial charge in [-0.1, -0.05) is 49.2 Å². The molecule has 0 bridgehead atoms. The molecule has 2 fully saturated rings. The van der Waals surface area contributed by atoms with E-state index in [0.29, 0.717) is 6.54 Å². The average Bonchev–Trinajstić information content (AvgIpc) is 3.50. The summed E-state index contributed by atoms with van der Waals surface area (Å²) < 4.78 is 5.71. The minimum absolute atomic E-state index is 0.0215. The van der Waals surface area contributed by atoms with E-state index in [9.17, 15) is 9.59 Å². The fraction of sp³-hybridized carbons (Fsp3) is 0.407. The molecule has 0 radical (unpaired) electrons. The third-order valence-corrected chi connectivity index (χ3v) is 8.05. The van der Waals surface area contributed by atoms with Gasteiger partial charge in [0.25, 0.3) is 5.91 Å². The lowest BCUT2D eigenvalue weighted by atomic mass is 9.76. The van der Waals surface area contributed by atoms with E-state index < -0.39 is 5.54 Å². The number of ether oxygens (including phenoxy) is 1. The predicted octanol–water partition coefficient (Wildman–Crippen LogP) is 4.15. The van der Waals surface area contributed by atoms with Crippen molar-refractivity contribution in [3.8, 4) is 5.75 Å². The van der Waals surface area contributed by atoms with Gasteiger partial charge in [-0.25, -0.2) is 0 Å². The summed E-state index contributed by atoms with van der Waals surface area (Å²) in [5, 5.41) is 1.10. The zero-order valence-corrected chi connectivity index (χ0v) is 19.1. The monoisotopic (exact) mass is 443 g/mol. The number of carbonyl (C=O) groups excluding carboxylic acids is 2. The van der Waals surface area contributed by atoms with E-state index in [1.54, 1.807) is 7.11 Å². The fourth-order valence-corrected chi connectivity index (χ4v) is 6.38. The van der Waals surface area contributed by atoms with Crippen molar-refractivity contribution in [2.45, 2.75) is 50.1 Å². The number of nitrogens with one attached hydrogen (secondary N) is 1. The number of carbonyl (C=O) groups is 2. The Bertz CT molecular complexity index is 1260. The number of benzene rings is 2. The first kappa shape index (κ1) is 20.3. The summed E-state index contributed by atoms with van der Waals surface area (Å²) in [6.07, 6.45) is 4.21. The third-order valence-electron chi connectivity index (χ3n) is 8.05. The zero-order valence-electron chi connectivity index (χ0n) is 19.1. The minimum Gasteiger partial charge on any atom is -0.496 e. The van der Waals surface area contributed by atoms with Gasteiger partial charge >= 0.3 is 0 Å². The molecule has 0 unspecified atom stereocenters. The Morgan fingerprint density at radius 3 is 2.55 bits per heavy atom. The molecular weight excluding hydrogens is 414 g/mol. The number of H-pyrrole nitrogens is 1. The molecule has 2 aliphatic heterocycles. The summed E-state index contributed by atoms with van der Waals surface area (Å²) in [7, 11) is 1.68. The Morgan fingerprint density at radius 1 is 1.03 bits per heavy atom. The fourth-order valence-electron chi connectivity index (χ4n) is 6.38. The topological polar surface area (TPSA) is 65.6 Å². The van der Waals surface area contributed by atoms with E-state index >= 15 is 0 Å². The largest absolute Gasteiger partial charge is 0.496 e. The van der Waals surface area contributed by atoms with Gasteiger partial charge in [0.2, 0.25) is 5.91 Å². The van der Waals surface area contributed by atoms with Crippen molar-refractivity contribution >= 4 is 22.7 Å². The average molecular weight is 444 g/mol. The summed E-state index contributed by atoms with van der Waals surface area (Å²) >= 11 is 0. The molecular formula is C27H29N3O3. The highest BCUT2D eigenvalue weighted by molar-refractivity contribution is 6.01. The second-order valence-electron chi connectivity index (χ2n) is 9.70. The third kappa shape index (κ3) is 2.79. The van der Waals surface area contributed by atoms with Crippen LogP contribution in [0.15, 0.2) is 48.5 Å². The second kappa shape index (κ2) is 7.37. The Balaban J connectivity index is 1.58. The van der Waals surface area contributed by atoms with Crippen LogP contribution < -0.4 is 4.74 Å². The van der Waals surface area contributed by atoms with Crippen LogP contribution in [0.4, 0.5) is 0 Å². The number of nitrogens with zero attached hydrogens (tertiary/aromatic N) is 2. The standard InChI is InChI=1S/C27H29N3O3/c1-27-25-24(19-12-5-7-13-21(19)28-25)20(18-11-6-8-14-22(18)33-2)15-30(27)23(31)16-29(26(27)32)17-9-3-4-10-17/h5-8,11-14,17,20,28H,3-4,9-10,15-16H2,1-2H3/t20-,27-/m0/s1. The molecule has 2 atom stereocenters. The van der Waals surface area contributed by atoms with Crippen LogP contribution in [0.2, 0.25) is 0 Å². The van der Waals surface area contributed by atoms with Gasteiger partial charge in [-0.2, -0.15) is 0 Å². The molecule has 1 saturated carbocycles. The molecule has 33 heavy (non-hydrogen) atoms. The summed E-state index contributed by atoms with van der Waals surface area (Å²) in [5.41, 5.74) is 2.93. The minimum atomic E-state index is -1.04. The van der Waals surface area contributed by atoms with Crippen molar-refractivity contribution in [1.82, 2.24) is 14.8 Å². The molecule has 3 aliphatic rings. The Hall–Kier alpha value is -3.28. The number of methoxy groups -OCH3 is 1. The maximum Gasteiger partial charge on any atom is 0.255 e. The first-order valence-corrected chi connectivity index (χ1v) is 11.9. The van der Waals surface area contributed by atoms with Gasteiger partial charge in [-0.05, 0) is 37.5 Å². The summed E-state index contributed by atoms with van der Waals surface area (Å²) in [6, 6.07) is 16.3. The molecule has 1 saturated heterocycles. The Labute approximate surface area is 193 Å². The van der Waals surface area contributed by atoms with Crippen LogP contribution in [0.25, 0.3) is 10.9 Å². The van der Waals surface area contributed by atoms with Crippen molar-refractivity contribution in [2.75, 3.05) is 20.2 Å². The zero-order chi connectivity index (χ0) is 22.7. The maximum absolute atomic E-state index is 14.1. The van der Waals surface area contributed by atoms with Crippen LogP contribution in [0.1, 0.15) is 55.3 Å². The van der Waals surface area contributed by atoms with Gasteiger partial charge < -0.3 is 19.5 Å². The van der Waals surface area contributed by atoms with Gasteiger partial charge in [-0.3, -0.25) is 9.59 Å². The number of amides is 2. The molecule has 2 amide bonds. The van der Waals surface area contributed by atoms with Crippen LogP contribution in [-0.4, -0.2) is 52.8 Å². The highest BCUT2D eigenvalue weighted by atomic mass is 16.5. The first-order chi connectivity index (χ1) is 16.0. The lowest BCUT2D eigenvalue weighted by molar-refractivity contribution is -0.168. The lowest BCUT2D eigenvalue weighted by Crippen LogP contribution is -2.68. The lowest BCUT2D eigenvalue weighted by Gasteiger charge is -2.52. The number of rotatable bonds is 3. The van der Waals surface area contributed by atoms with E-state index in [2.05, 4.69) is 17.1 Å². The van der Waals surface area contributed by atoms with Crippen molar-refractivity contribution in [2.24, 2.45) is 0 Å². The van der Waals surface area contributed by atoms with Crippen molar-refractivity contribution in [3.63, 3.8) is 0 Å². The Kier molecular flexibility index (Phi) is 4.54. The van der Waals surface area contributed by atoms with E-state index in [0.717, 1.165) is 59.2 Å². The van der Waals surface area contributed by atoms with E-state index in [1.165, 1.54) is 0 Å². The Morgan fingerprint density at radius 2 is 1.76 bits per heavy atom. The second-order valence-corrected chi connectivity index (χ2v) is 9.70. The highest BCUT2D eigenvalue weighted by Gasteiger charge is 2.57. The van der Waals surface area contributed by atoms with Gasteiger partial charge in [0.15, 0.2) is 5.54 Å². The molecule has 1 N–H and O–H groups in total. The number of hydrogen-bond donors (Lipinski definition) is 1. The summed E-state index contributed by atoms with van der Waals surface area (Å²) in [4.78, 5) is 35.0. The van der Waals surface area contributed by atoms with Gasteiger partial charge in [0.1, 0.15) is 12.3 Å². The number of fused-ring (bicyclic) bond motifs is 5. The summed E-state index contributed by atoms with van der Waals surface area (Å²) in [6.45, 7) is 2.56. The SMILES string of the molecule is COc1ccccc1[C@@H]1CN2C(=O)CN(C3CCCC3)C(=O)[C@]2(C)c2[nH]c3ccccc3c21. The number of para-hydroxylation sites is 2. The maximum atomic E-state index is 14.1. The molecule has 2 aromatic carbocycles. The molecule has 170 valence electrons. The van der Waals surface area contributed by atoms with Gasteiger partial charge in [0, 0.05) is 35.0 Å². The highest BCUT2D eigenvalue weighted by Crippen LogP contribution is 2.50. The van der Waals surface area contributed by atoms with Crippen LogP contribution in [0.5, 0.6) is 5.75 Å². The van der Waals surface area contributed by atoms with E-state index in [4.69, 9.17) is 4.74 Å².